The zero-order chi connectivity index (χ0) is 10.4. The van der Waals surface area contributed by atoms with Crippen LogP contribution < -0.4 is 5.32 Å². The fraction of sp³-hybridized carbons (Fsp3) is 0.889. The van der Waals surface area contributed by atoms with Gasteiger partial charge in [-0.2, -0.15) is 0 Å². The monoisotopic (exact) mass is 187 g/mol. The van der Waals surface area contributed by atoms with Crippen LogP contribution in [0.1, 0.15) is 20.3 Å². The SMILES string of the molecule is CC(C)NCCC(=O)N(C)N(C)C. The number of amides is 1. The second-order valence-electron chi connectivity index (χ2n) is 3.62. The minimum absolute atomic E-state index is 0.137. The minimum Gasteiger partial charge on any atom is -0.314 e. The average Bonchev–Trinajstić information content (AvgIpc) is 2.02. The van der Waals surface area contributed by atoms with Crippen molar-refractivity contribution in [3.63, 3.8) is 0 Å². The van der Waals surface area contributed by atoms with E-state index in [0.29, 0.717) is 12.5 Å². The summed E-state index contributed by atoms with van der Waals surface area (Å²) in [5.41, 5.74) is 0. The summed E-state index contributed by atoms with van der Waals surface area (Å²) in [4.78, 5) is 11.4. The first-order chi connectivity index (χ1) is 5.95. The third kappa shape index (κ3) is 5.60. The molecule has 4 nitrogen and oxygen atoms in total. The number of nitrogens with zero attached hydrogens (tertiary/aromatic N) is 2. The molecule has 0 atom stereocenters. The van der Waals surface area contributed by atoms with Crippen molar-refractivity contribution in [3.8, 4) is 0 Å². The van der Waals surface area contributed by atoms with Crippen LogP contribution >= 0.6 is 0 Å². The van der Waals surface area contributed by atoms with Crippen molar-refractivity contribution in [2.75, 3.05) is 27.7 Å². The van der Waals surface area contributed by atoms with Gasteiger partial charge in [0.2, 0.25) is 5.91 Å². The molecule has 0 fully saturated rings. The molecule has 0 aliphatic heterocycles. The standard InChI is InChI=1S/C9H21N3O/c1-8(2)10-7-6-9(13)12(5)11(3)4/h8,10H,6-7H2,1-5H3. The van der Waals surface area contributed by atoms with Gasteiger partial charge >= 0.3 is 0 Å². The molecule has 0 aliphatic rings. The van der Waals surface area contributed by atoms with Crippen LogP contribution in [-0.2, 0) is 4.79 Å². The molecule has 0 saturated carbocycles. The van der Waals surface area contributed by atoms with Gasteiger partial charge in [-0.1, -0.05) is 13.8 Å². The van der Waals surface area contributed by atoms with E-state index in [-0.39, 0.29) is 5.91 Å². The van der Waals surface area contributed by atoms with Crippen LogP contribution in [-0.4, -0.2) is 49.7 Å². The summed E-state index contributed by atoms with van der Waals surface area (Å²) in [6.07, 6.45) is 0.548. The molecule has 0 rings (SSSR count). The zero-order valence-corrected chi connectivity index (χ0v) is 9.29. The molecule has 0 saturated heterocycles. The smallest absolute Gasteiger partial charge is 0.237 e. The molecule has 0 bridgehead atoms. The van der Waals surface area contributed by atoms with Crippen LogP contribution in [0.5, 0.6) is 0 Å². The predicted molar refractivity (Wildman–Crippen MR) is 54.2 cm³/mol. The Morgan fingerprint density at radius 3 is 2.23 bits per heavy atom. The first-order valence-electron chi connectivity index (χ1n) is 4.62. The fourth-order valence-corrected chi connectivity index (χ4v) is 0.853. The Balaban J connectivity index is 3.62. The van der Waals surface area contributed by atoms with Gasteiger partial charge in [-0.3, -0.25) is 9.80 Å². The van der Waals surface area contributed by atoms with Crippen LogP contribution in [0.15, 0.2) is 0 Å². The van der Waals surface area contributed by atoms with Gasteiger partial charge in [-0.25, -0.2) is 5.01 Å². The van der Waals surface area contributed by atoms with Crippen molar-refractivity contribution >= 4 is 5.91 Å². The summed E-state index contributed by atoms with van der Waals surface area (Å²) in [5.74, 6) is 0.137. The van der Waals surface area contributed by atoms with Gasteiger partial charge in [0.1, 0.15) is 0 Å². The molecule has 1 amide bonds. The van der Waals surface area contributed by atoms with Crippen LogP contribution in [0.2, 0.25) is 0 Å². The Labute approximate surface area is 80.9 Å². The van der Waals surface area contributed by atoms with Crippen LogP contribution in [0.3, 0.4) is 0 Å². The predicted octanol–water partition coefficient (Wildman–Crippen LogP) is 0.310. The number of hydrogen-bond acceptors (Lipinski definition) is 3. The molecule has 0 aromatic carbocycles. The van der Waals surface area contributed by atoms with E-state index in [0.717, 1.165) is 6.54 Å². The normalized spacial score (nSPS) is 11.0. The molecule has 0 aliphatic carbocycles. The quantitative estimate of drug-likeness (QED) is 0.629. The molecule has 0 aromatic heterocycles. The van der Waals surface area contributed by atoms with Gasteiger partial charge in [0, 0.05) is 40.2 Å². The Kier molecular flexibility index (Phi) is 5.66. The molecular formula is C9H21N3O. The molecule has 78 valence electrons. The average molecular weight is 187 g/mol. The molecule has 1 N–H and O–H groups in total. The lowest BCUT2D eigenvalue weighted by Gasteiger charge is -2.24. The number of carbonyl (C=O) groups is 1. The summed E-state index contributed by atoms with van der Waals surface area (Å²) >= 11 is 0. The minimum atomic E-state index is 0.137. The second kappa shape index (κ2) is 5.94. The first kappa shape index (κ1) is 12.4. The Hall–Kier alpha value is -0.610. The van der Waals surface area contributed by atoms with E-state index in [1.807, 2.05) is 14.1 Å². The Morgan fingerprint density at radius 2 is 1.85 bits per heavy atom. The molecule has 13 heavy (non-hydrogen) atoms. The first-order valence-corrected chi connectivity index (χ1v) is 4.62. The van der Waals surface area contributed by atoms with Gasteiger partial charge in [0.15, 0.2) is 0 Å². The van der Waals surface area contributed by atoms with Crippen LogP contribution in [0.25, 0.3) is 0 Å². The third-order valence-corrected chi connectivity index (χ3v) is 1.85. The maximum Gasteiger partial charge on any atom is 0.237 e. The van der Waals surface area contributed by atoms with Crippen molar-refractivity contribution in [2.24, 2.45) is 0 Å². The molecule has 0 spiro atoms. The highest BCUT2D eigenvalue weighted by Gasteiger charge is 2.09. The van der Waals surface area contributed by atoms with Gasteiger partial charge in [0.25, 0.3) is 0 Å². The van der Waals surface area contributed by atoms with Crippen molar-refractivity contribution in [1.29, 1.82) is 0 Å². The molecule has 0 unspecified atom stereocenters. The van der Waals surface area contributed by atoms with Crippen molar-refractivity contribution in [1.82, 2.24) is 15.3 Å². The van der Waals surface area contributed by atoms with Crippen LogP contribution in [0.4, 0.5) is 0 Å². The molecule has 4 heteroatoms. The highest BCUT2D eigenvalue weighted by Crippen LogP contribution is 1.92. The lowest BCUT2D eigenvalue weighted by atomic mass is 10.3. The summed E-state index contributed by atoms with van der Waals surface area (Å²) in [5, 5.41) is 6.59. The van der Waals surface area contributed by atoms with E-state index in [2.05, 4.69) is 19.2 Å². The van der Waals surface area contributed by atoms with E-state index in [1.165, 1.54) is 0 Å². The van der Waals surface area contributed by atoms with E-state index in [1.54, 1.807) is 17.1 Å². The molecule has 0 aromatic rings. The lowest BCUT2D eigenvalue weighted by Crippen LogP contribution is -2.40. The van der Waals surface area contributed by atoms with Gasteiger partial charge in [-0.05, 0) is 0 Å². The third-order valence-electron chi connectivity index (χ3n) is 1.85. The molecular weight excluding hydrogens is 166 g/mol. The number of rotatable bonds is 5. The van der Waals surface area contributed by atoms with Crippen molar-refractivity contribution in [3.05, 3.63) is 0 Å². The van der Waals surface area contributed by atoms with E-state index in [9.17, 15) is 4.79 Å². The lowest BCUT2D eigenvalue weighted by molar-refractivity contribution is -0.141. The highest BCUT2D eigenvalue weighted by molar-refractivity contribution is 5.75. The van der Waals surface area contributed by atoms with Crippen LogP contribution in [0, 0.1) is 0 Å². The summed E-state index contributed by atoms with van der Waals surface area (Å²) in [6.45, 7) is 4.88. The van der Waals surface area contributed by atoms with E-state index < -0.39 is 0 Å². The van der Waals surface area contributed by atoms with E-state index >= 15 is 0 Å². The maximum atomic E-state index is 11.4. The number of carbonyl (C=O) groups excluding carboxylic acids is 1. The molecule has 0 heterocycles. The highest BCUT2D eigenvalue weighted by atomic mass is 16.2. The van der Waals surface area contributed by atoms with Gasteiger partial charge < -0.3 is 5.32 Å². The van der Waals surface area contributed by atoms with Gasteiger partial charge in [-0.15, -0.1) is 0 Å². The summed E-state index contributed by atoms with van der Waals surface area (Å²) in [7, 11) is 5.49. The van der Waals surface area contributed by atoms with E-state index in [4.69, 9.17) is 0 Å². The Morgan fingerprint density at radius 1 is 1.31 bits per heavy atom. The van der Waals surface area contributed by atoms with Crippen molar-refractivity contribution < 1.29 is 4.79 Å². The van der Waals surface area contributed by atoms with Crippen molar-refractivity contribution in [2.45, 2.75) is 26.3 Å². The topological polar surface area (TPSA) is 35.6 Å². The number of hydrogen-bond donors (Lipinski definition) is 1. The number of nitrogens with one attached hydrogen (secondary N) is 1. The largest absolute Gasteiger partial charge is 0.314 e. The fourth-order valence-electron chi connectivity index (χ4n) is 0.853. The second-order valence-corrected chi connectivity index (χ2v) is 3.62. The maximum absolute atomic E-state index is 11.4. The molecule has 0 radical (unpaired) electrons. The number of hydrazine groups is 1. The zero-order valence-electron chi connectivity index (χ0n) is 9.29. The summed E-state index contributed by atoms with van der Waals surface area (Å²) in [6, 6.07) is 0.442. The van der Waals surface area contributed by atoms with Gasteiger partial charge in [0.05, 0.1) is 0 Å². The summed E-state index contributed by atoms with van der Waals surface area (Å²) < 4.78 is 0. The Bertz CT molecular complexity index is 157.